The molecule has 0 atom stereocenters. The second-order valence-electron chi connectivity index (χ2n) is 3.80. The molecule has 0 aliphatic carbocycles. The van der Waals surface area contributed by atoms with Crippen LogP contribution in [0.25, 0.3) is 22.2 Å². The molecule has 0 amide bonds. The largest absolute Gasteiger partial charge is 0.497 e. The minimum Gasteiger partial charge on any atom is -0.497 e. The number of aromatic amines is 1. The van der Waals surface area contributed by atoms with Crippen LogP contribution in [0.2, 0.25) is 0 Å². The Balaban J connectivity index is 2.34. The second kappa shape index (κ2) is 3.99. The molecule has 0 saturated heterocycles. The van der Waals surface area contributed by atoms with Crippen molar-refractivity contribution in [2.75, 3.05) is 12.8 Å². The van der Waals surface area contributed by atoms with Gasteiger partial charge in [-0.1, -0.05) is 0 Å². The van der Waals surface area contributed by atoms with Gasteiger partial charge in [0, 0.05) is 17.1 Å². The second-order valence-corrected chi connectivity index (χ2v) is 3.80. The first-order valence-corrected chi connectivity index (χ1v) is 5.38. The minimum absolute atomic E-state index is 0.240. The van der Waals surface area contributed by atoms with E-state index >= 15 is 0 Å². The van der Waals surface area contributed by atoms with Crippen LogP contribution in [-0.2, 0) is 0 Å². The van der Waals surface area contributed by atoms with E-state index in [1.54, 1.807) is 19.5 Å². The molecule has 90 valence electrons. The van der Waals surface area contributed by atoms with E-state index in [4.69, 9.17) is 10.5 Å². The van der Waals surface area contributed by atoms with Crippen LogP contribution in [0.4, 0.5) is 5.95 Å². The summed E-state index contributed by atoms with van der Waals surface area (Å²) in [6, 6.07) is 5.58. The molecule has 1 aromatic carbocycles. The summed E-state index contributed by atoms with van der Waals surface area (Å²) in [5, 5.41) is 7.56. The van der Waals surface area contributed by atoms with Gasteiger partial charge in [0.1, 0.15) is 5.75 Å². The molecule has 6 heteroatoms. The molecule has 0 radical (unpaired) electrons. The van der Waals surface area contributed by atoms with E-state index in [1.807, 2.05) is 18.2 Å². The first-order valence-electron chi connectivity index (χ1n) is 5.38. The van der Waals surface area contributed by atoms with Gasteiger partial charge in [0.2, 0.25) is 5.95 Å². The maximum absolute atomic E-state index is 5.72. The van der Waals surface area contributed by atoms with Crippen LogP contribution in [0.3, 0.4) is 0 Å². The molecule has 0 aliphatic heterocycles. The number of methoxy groups -OCH3 is 1. The SMILES string of the molecule is COc1ccc2nc(N)nc(-c3cn[nH]c3)c2c1. The third-order valence-corrected chi connectivity index (χ3v) is 2.69. The van der Waals surface area contributed by atoms with E-state index in [0.717, 1.165) is 27.9 Å². The summed E-state index contributed by atoms with van der Waals surface area (Å²) in [4.78, 5) is 8.47. The van der Waals surface area contributed by atoms with Crippen LogP contribution in [0.1, 0.15) is 0 Å². The summed E-state index contributed by atoms with van der Waals surface area (Å²) < 4.78 is 5.21. The number of nitrogens with zero attached hydrogens (tertiary/aromatic N) is 3. The van der Waals surface area contributed by atoms with Crippen molar-refractivity contribution in [2.24, 2.45) is 0 Å². The Hall–Kier alpha value is -2.63. The van der Waals surface area contributed by atoms with E-state index < -0.39 is 0 Å². The molecule has 3 N–H and O–H groups in total. The Bertz CT molecular complexity index is 693. The molecule has 2 aromatic heterocycles. The highest BCUT2D eigenvalue weighted by molar-refractivity contribution is 5.93. The molecule has 0 spiro atoms. The van der Waals surface area contributed by atoms with Gasteiger partial charge < -0.3 is 10.5 Å². The molecule has 0 aliphatic rings. The van der Waals surface area contributed by atoms with Crippen LogP contribution in [-0.4, -0.2) is 27.3 Å². The first-order chi connectivity index (χ1) is 8.78. The van der Waals surface area contributed by atoms with Crippen LogP contribution in [0.15, 0.2) is 30.6 Å². The Morgan fingerprint density at radius 2 is 2.17 bits per heavy atom. The fraction of sp³-hybridized carbons (Fsp3) is 0.0833. The van der Waals surface area contributed by atoms with Crippen LogP contribution in [0, 0.1) is 0 Å². The molecule has 0 fully saturated rings. The number of fused-ring (bicyclic) bond motifs is 1. The number of hydrogen-bond acceptors (Lipinski definition) is 5. The van der Waals surface area contributed by atoms with Crippen molar-refractivity contribution < 1.29 is 4.74 Å². The van der Waals surface area contributed by atoms with Gasteiger partial charge in [0.15, 0.2) is 0 Å². The highest BCUT2D eigenvalue weighted by atomic mass is 16.5. The molecular formula is C12H11N5O. The lowest BCUT2D eigenvalue weighted by atomic mass is 10.1. The minimum atomic E-state index is 0.240. The van der Waals surface area contributed by atoms with Gasteiger partial charge in [-0.25, -0.2) is 9.97 Å². The van der Waals surface area contributed by atoms with Crippen LogP contribution in [0.5, 0.6) is 5.75 Å². The fourth-order valence-corrected chi connectivity index (χ4v) is 1.85. The number of hydrogen-bond donors (Lipinski definition) is 2. The molecule has 0 saturated carbocycles. The predicted octanol–water partition coefficient (Wildman–Crippen LogP) is 1.61. The van der Waals surface area contributed by atoms with Gasteiger partial charge in [0.05, 0.1) is 24.5 Å². The molecule has 3 rings (SSSR count). The van der Waals surface area contributed by atoms with Gasteiger partial charge >= 0.3 is 0 Å². The number of H-pyrrole nitrogens is 1. The van der Waals surface area contributed by atoms with Crippen molar-refractivity contribution in [3.05, 3.63) is 30.6 Å². The van der Waals surface area contributed by atoms with Crippen LogP contribution >= 0.6 is 0 Å². The Morgan fingerprint density at radius 1 is 1.28 bits per heavy atom. The first kappa shape index (κ1) is 10.5. The monoisotopic (exact) mass is 241 g/mol. The van der Waals surface area contributed by atoms with Crippen molar-refractivity contribution in [1.29, 1.82) is 0 Å². The summed E-state index contributed by atoms with van der Waals surface area (Å²) in [5.74, 6) is 0.990. The quantitative estimate of drug-likeness (QED) is 0.711. The zero-order chi connectivity index (χ0) is 12.5. The number of anilines is 1. The maximum Gasteiger partial charge on any atom is 0.221 e. The number of ether oxygens (including phenoxy) is 1. The fourth-order valence-electron chi connectivity index (χ4n) is 1.85. The molecule has 2 heterocycles. The zero-order valence-electron chi connectivity index (χ0n) is 9.71. The Morgan fingerprint density at radius 3 is 2.89 bits per heavy atom. The maximum atomic E-state index is 5.72. The Kier molecular flexibility index (Phi) is 2.33. The number of nitrogens with one attached hydrogen (secondary N) is 1. The number of nitrogens with two attached hydrogens (primary N) is 1. The average molecular weight is 241 g/mol. The number of aromatic nitrogens is 4. The van der Waals surface area contributed by atoms with Gasteiger partial charge in [-0.05, 0) is 18.2 Å². The normalized spacial score (nSPS) is 10.7. The topological polar surface area (TPSA) is 89.7 Å². The third-order valence-electron chi connectivity index (χ3n) is 2.69. The molecule has 0 unspecified atom stereocenters. The lowest BCUT2D eigenvalue weighted by molar-refractivity contribution is 0.415. The summed E-state index contributed by atoms with van der Waals surface area (Å²) in [7, 11) is 1.62. The van der Waals surface area contributed by atoms with E-state index in [-0.39, 0.29) is 5.95 Å². The summed E-state index contributed by atoms with van der Waals surface area (Å²) >= 11 is 0. The molecule has 18 heavy (non-hydrogen) atoms. The number of nitrogen functional groups attached to an aromatic ring is 1. The van der Waals surface area contributed by atoms with Crippen molar-refractivity contribution in [2.45, 2.75) is 0 Å². The van der Waals surface area contributed by atoms with Crippen molar-refractivity contribution in [3.63, 3.8) is 0 Å². The average Bonchev–Trinajstić information content (AvgIpc) is 2.91. The van der Waals surface area contributed by atoms with Gasteiger partial charge in [-0.3, -0.25) is 5.10 Å². The van der Waals surface area contributed by atoms with Gasteiger partial charge in [0.25, 0.3) is 0 Å². The number of rotatable bonds is 2. The van der Waals surface area contributed by atoms with E-state index in [9.17, 15) is 0 Å². The molecular weight excluding hydrogens is 230 g/mol. The zero-order valence-corrected chi connectivity index (χ0v) is 9.71. The van der Waals surface area contributed by atoms with E-state index in [2.05, 4.69) is 20.2 Å². The van der Waals surface area contributed by atoms with Crippen molar-refractivity contribution in [1.82, 2.24) is 20.2 Å². The van der Waals surface area contributed by atoms with Crippen molar-refractivity contribution >= 4 is 16.9 Å². The van der Waals surface area contributed by atoms with Gasteiger partial charge in [-0.15, -0.1) is 0 Å². The standard InChI is InChI=1S/C12H11N5O/c1-18-8-2-3-10-9(4-8)11(17-12(13)16-10)7-5-14-15-6-7/h2-6H,1H3,(H,14,15)(H2,13,16,17). The highest BCUT2D eigenvalue weighted by Crippen LogP contribution is 2.28. The Labute approximate surface area is 103 Å². The summed E-state index contributed by atoms with van der Waals surface area (Å²) in [6.07, 6.45) is 3.46. The number of benzene rings is 1. The summed E-state index contributed by atoms with van der Waals surface area (Å²) in [6.45, 7) is 0. The molecule has 3 aromatic rings. The van der Waals surface area contributed by atoms with Crippen molar-refractivity contribution in [3.8, 4) is 17.0 Å². The smallest absolute Gasteiger partial charge is 0.221 e. The van der Waals surface area contributed by atoms with Gasteiger partial charge in [-0.2, -0.15) is 5.10 Å². The third kappa shape index (κ3) is 1.64. The highest BCUT2D eigenvalue weighted by Gasteiger charge is 2.10. The van der Waals surface area contributed by atoms with E-state index in [0.29, 0.717) is 0 Å². The summed E-state index contributed by atoms with van der Waals surface area (Å²) in [5.41, 5.74) is 8.10. The lowest BCUT2D eigenvalue weighted by Crippen LogP contribution is -1.98. The lowest BCUT2D eigenvalue weighted by Gasteiger charge is -2.06. The molecule has 0 bridgehead atoms. The van der Waals surface area contributed by atoms with Crippen LogP contribution < -0.4 is 10.5 Å². The molecule has 6 nitrogen and oxygen atoms in total. The van der Waals surface area contributed by atoms with E-state index in [1.165, 1.54) is 0 Å². The predicted molar refractivity (Wildman–Crippen MR) is 68.1 cm³/mol.